The topological polar surface area (TPSA) is 43.4 Å². The Bertz CT molecular complexity index is 343. The molecule has 0 aromatic rings. The zero-order chi connectivity index (χ0) is 11.1. The summed E-state index contributed by atoms with van der Waals surface area (Å²) in [7, 11) is 0. The van der Waals surface area contributed by atoms with E-state index < -0.39 is 0 Å². The van der Waals surface area contributed by atoms with Gasteiger partial charge in [-0.1, -0.05) is 12.5 Å². The first-order chi connectivity index (χ1) is 7.02. The van der Waals surface area contributed by atoms with Gasteiger partial charge in [-0.2, -0.15) is 0 Å². The summed E-state index contributed by atoms with van der Waals surface area (Å²) in [5.41, 5.74) is 1.09. The van der Waals surface area contributed by atoms with E-state index >= 15 is 0 Å². The number of hydrogen-bond acceptors (Lipinski definition) is 3. The maximum atomic E-state index is 11.3. The molecule has 0 amide bonds. The van der Waals surface area contributed by atoms with E-state index in [-0.39, 0.29) is 23.3 Å². The average molecular weight is 208 g/mol. The Kier molecular flexibility index (Phi) is 2.41. The predicted molar refractivity (Wildman–Crippen MR) is 55.2 cm³/mol. The molecule has 0 aliphatic heterocycles. The van der Waals surface area contributed by atoms with E-state index in [2.05, 4.69) is 6.92 Å². The standard InChI is InChI=1S/C12H16O3/c1-8(13)15-11-4-3-9-7-10(14)5-6-12(9,11)2/h7,11H,3-6H2,1-2H3. The Morgan fingerprint density at radius 2 is 2.27 bits per heavy atom. The van der Waals surface area contributed by atoms with Crippen LogP contribution < -0.4 is 0 Å². The van der Waals surface area contributed by atoms with Crippen LogP contribution in [-0.2, 0) is 14.3 Å². The van der Waals surface area contributed by atoms with Gasteiger partial charge in [-0.3, -0.25) is 9.59 Å². The molecule has 1 fully saturated rings. The molecule has 0 aromatic heterocycles. The number of esters is 1. The van der Waals surface area contributed by atoms with Crippen molar-refractivity contribution in [1.82, 2.24) is 0 Å². The van der Waals surface area contributed by atoms with Crippen molar-refractivity contribution in [2.45, 2.75) is 45.6 Å². The highest BCUT2D eigenvalue weighted by molar-refractivity contribution is 5.91. The lowest BCUT2D eigenvalue weighted by molar-refractivity contribution is -0.150. The minimum Gasteiger partial charge on any atom is -0.462 e. The average Bonchev–Trinajstić information content (AvgIpc) is 2.44. The second kappa shape index (κ2) is 3.47. The van der Waals surface area contributed by atoms with Gasteiger partial charge in [-0.15, -0.1) is 0 Å². The fourth-order valence-corrected chi connectivity index (χ4v) is 2.69. The van der Waals surface area contributed by atoms with Crippen LogP contribution in [0.4, 0.5) is 0 Å². The molecule has 0 bridgehead atoms. The Balaban J connectivity index is 2.23. The van der Waals surface area contributed by atoms with Gasteiger partial charge in [0.15, 0.2) is 5.78 Å². The maximum Gasteiger partial charge on any atom is 0.302 e. The summed E-state index contributed by atoms with van der Waals surface area (Å²) in [6.45, 7) is 3.55. The first kappa shape index (κ1) is 10.4. The van der Waals surface area contributed by atoms with Gasteiger partial charge >= 0.3 is 5.97 Å². The molecule has 1 saturated carbocycles. The minimum atomic E-state index is -0.223. The van der Waals surface area contributed by atoms with Crippen LogP contribution in [0.3, 0.4) is 0 Å². The van der Waals surface area contributed by atoms with Crippen molar-refractivity contribution in [3.63, 3.8) is 0 Å². The third kappa shape index (κ3) is 1.71. The molecule has 0 saturated heterocycles. The van der Waals surface area contributed by atoms with E-state index in [1.165, 1.54) is 12.5 Å². The van der Waals surface area contributed by atoms with E-state index in [9.17, 15) is 9.59 Å². The number of rotatable bonds is 1. The molecule has 15 heavy (non-hydrogen) atoms. The molecule has 2 unspecified atom stereocenters. The molecule has 82 valence electrons. The van der Waals surface area contributed by atoms with Gasteiger partial charge < -0.3 is 4.74 Å². The molecule has 0 N–H and O–H groups in total. The zero-order valence-corrected chi connectivity index (χ0v) is 9.21. The van der Waals surface area contributed by atoms with Crippen molar-refractivity contribution in [3.05, 3.63) is 11.6 Å². The molecule has 0 aromatic carbocycles. The Morgan fingerprint density at radius 3 is 2.93 bits per heavy atom. The summed E-state index contributed by atoms with van der Waals surface area (Å²) in [6, 6.07) is 0. The van der Waals surface area contributed by atoms with Gasteiger partial charge in [0.05, 0.1) is 0 Å². The minimum absolute atomic E-state index is 0.0330. The molecule has 3 heteroatoms. The van der Waals surface area contributed by atoms with Crippen molar-refractivity contribution < 1.29 is 14.3 Å². The molecular formula is C12H16O3. The molecule has 2 aliphatic rings. The number of carbonyl (C=O) groups is 2. The van der Waals surface area contributed by atoms with Crippen LogP contribution in [0.1, 0.15) is 39.5 Å². The number of ether oxygens (including phenoxy) is 1. The van der Waals surface area contributed by atoms with Crippen LogP contribution >= 0.6 is 0 Å². The fourth-order valence-electron chi connectivity index (χ4n) is 2.69. The number of allylic oxidation sites excluding steroid dienone is 1. The summed E-state index contributed by atoms with van der Waals surface area (Å²) in [5, 5.41) is 0. The second-order valence-electron chi connectivity index (χ2n) is 4.69. The van der Waals surface area contributed by atoms with Crippen molar-refractivity contribution >= 4 is 11.8 Å². The van der Waals surface area contributed by atoms with Crippen molar-refractivity contribution in [2.75, 3.05) is 0 Å². The smallest absolute Gasteiger partial charge is 0.302 e. The zero-order valence-electron chi connectivity index (χ0n) is 9.21. The van der Waals surface area contributed by atoms with Crippen molar-refractivity contribution in [1.29, 1.82) is 0 Å². The monoisotopic (exact) mass is 208 g/mol. The lowest BCUT2D eigenvalue weighted by Gasteiger charge is -2.34. The van der Waals surface area contributed by atoms with Crippen LogP contribution in [0.15, 0.2) is 11.6 Å². The molecule has 0 heterocycles. The first-order valence-corrected chi connectivity index (χ1v) is 5.43. The van der Waals surface area contributed by atoms with Gasteiger partial charge in [0.1, 0.15) is 6.10 Å². The van der Waals surface area contributed by atoms with Gasteiger partial charge in [0, 0.05) is 18.8 Å². The van der Waals surface area contributed by atoms with Gasteiger partial charge in [0.2, 0.25) is 0 Å². The van der Waals surface area contributed by atoms with Gasteiger partial charge in [-0.25, -0.2) is 0 Å². The Morgan fingerprint density at radius 1 is 1.53 bits per heavy atom. The molecule has 2 atom stereocenters. The highest BCUT2D eigenvalue weighted by Crippen LogP contribution is 2.49. The second-order valence-corrected chi connectivity index (χ2v) is 4.69. The fraction of sp³-hybridized carbons (Fsp3) is 0.667. The normalized spacial score (nSPS) is 34.7. The summed E-state index contributed by atoms with van der Waals surface area (Å²) in [6.07, 6.45) is 4.87. The molecule has 0 radical (unpaired) electrons. The Labute approximate surface area is 89.5 Å². The third-order valence-electron chi connectivity index (χ3n) is 3.65. The third-order valence-corrected chi connectivity index (χ3v) is 3.65. The van der Waals surface area contributed by atoms with Crippen molar-refractivity contribution in [3.8, 4) is 0 Å². The summed E-state index contributed by atoms with van der Waals surface area (Å²) in [4.78, 5) is 22.3. The van der Waals surface area contributed by atoms with Gasteiger partial charge in [0.25, 0.3) is 0 Å². The van der Waals surface area contributed by atoms with Crippen LogP contribution in [0.5, 0.6) is 0 Å². The van der Waals surface area contributed by atoms with E-state index in [1.54, 1.807) is 6.08 Å². The summed E-state index contributed by atoms with van der Waals surface area (Å²) >= 11 is 0. The number of hydrogen-bond donors (Lipinski definition) is 0. The van der Waals surface area contributed by atoms with Gasteiger partial charge in [-0.05, 0) is 25.3 Å². The lowest BCUT2D eigenvalue weighted by atomic mass is 9.74. The van der Waals surface area contributed by atoms with Crippen LogP contribution in [0.2, 0.25) is 0 Å². The van der Waals surface area contributed by atoms with Crippen LogP contribution in [0.25, 0.3) is 0 Å². The van der Waals surface area contributed by atoms with E-state index in [4.69, 9.17) is 4.74 Å². The lowest BCUT2D eigenvalue weighted by Crippen LogP contribution is -2.34. The van der Waals surface area contributed by atoms with Crippen molar-refractivity contribution in [2.24, 2.45) is 5.41 Å². The molecular weight excluding hydrogens is 192 g/mol. The van der Waals surface area contributed by atoms with E-state index in [1.807, 2.05) is 0 Å². The molecule has 0 spiro atoms. The predicted octanol–water partition coefficient (Wildman–Crippen LogP) is 2.01. The Hall–Kier alpha value is -1.12. The number of ketones is 1. The SMILES string of the molecule is CC(=O)OC1CCC2=CC(=O)CCC21C. The van der Waals surface area contributed by atoms with Crippen LogP contribution in [0, 0.1) is 5.41 Å². The molecule has 2 aliphatic carbocycles. The highest BCUT2D eigenvalue weighted by atomic mass is 16.5. The molecule has 3 nitrogen and oxygen atoms in total. The molecule has 2 rings (SSSR count). The van der Waals surface area contributed by atoms with Crippen LogP contribution in [-0.4, -0.2) is 17.9 Å². The number of fused-ring (bicyclic) bond motifs is 1. The maximum absolute atomic E-state index is 11.3. The quantitative estimate of drug-likeness (QED) is 0.619. The summed E-state index contributed by atoms with van der Waals surface area (Å²) < 4.78 is 5.33. The van der Waals surface area contributed by atoms with E-state index in [0.29, 0.717) is 6.42 Å². The number of carbonyl (C=O) groups excluding carboxylic acids is 2. The first-order valence-electron chi connectivity index (χ1n) is 5.43. The largest absolute Gasteiger partial charge is 0.462 e. The van der Waals surface area contributed by atoms with E-state index in [0.717, 1.165) is 19.3 Å². The highest BCUT2D eigenvalue weighted by Gasteiger charge is 2.46. The summed E-state index contributed by atoms with van der Waals surface area (Å²) in [5.74, 6) is -0.00896.